The summed E-state index contributed by atoms with van der Waals surface area (Å²) in [7, 11) is -4.08. The Morgan fingerprint density at radius 1 is 0.757 bits per heavy atom. The molecule has 6 rings (SSSR count). The number of hydrogen-bond donors (Lipinski definition) is 1. The van der Waals surface area contributed by atoms with Gasteiger partial charge in [0.05, 0.1) is 21.8 Å². The zero-order valence-electron chi connectivity index (χ0n) is 19.6. The van der Waals surface area contributed by atoms with E-state index in [1.165, 1.54) is 16.4 Å². The molecule has 0 saturated heterocycles. The molecule has 184 valence electrons. The Labute approximate surface area is 214 Å². The van der Waals surface area contributed by atoms with Gasteiger partial charge in [0.2, 0.25) is 0 Å². The molecule has 1 N–H and O–H groups in total. The molecular formula is C29H22N2O5S. The van der Waals surface area contributed by atoms with Gasteiger partial charge in [0, 0.05) is 17.6 Å². The topological polar surface area (TPSA) is 89.0 Å². The molecule has 8 heteroatoms. The highest BCUT2D eigenvalue weighted by Gasteiger charge is 2.30. The van der Waals surface area contributed by atoms with E-state index in [-0.39, 0.29) is 10.6 Å². The Morgan fingerprint density at radius 2 is 1.49 bits per heavy atom. The van der Waals surface area contributed by atoms with E-state index in [4.69, 9.17) is 9.47 Å². The molecule has 1 aliphatic heterocycles. The highest BCUT2D eigenvalue weighted by molar-refractivity contribution is 7.93. The summed E-state index contributed by atoms with van der Waals surface area (Å²) in [6, 6.07) is 27.9. The number of phenolic OH excluding ortho intramolecular Hbond substituents is 1. The van der Waals surface area contributed by atoms with Gasteiger partial charge in [0.1, 0.15) is 19.0 Å². The summed E-state index contributed by atoms with van der Waals surface area (Å²) in [5.74, 6) is 1.09. The summed E-state index contributed by atoms with van der Waals surface area (Å²) >= 11 is 0. The lowest BCUT2D eigenvalue weighted by Gasteiger charge is -2.27. The lowest BCUT2D eigenvalue weighted by Crippen LogP contribution is -2.27. The molecule has 5 aromatic rings. The summed E-state index contributed by atoms with van der Waals surface area (Å²) in [4.78, 5) is 4.56. The third-order valence-corrected chi connectivity index (χ3v) is 7.92. The quantitative estimate of drug-likeness (QED) is 0.316. The third-order valence-electron chi connectivity index (χ3n) is 6.18. The van der Waals surface area contributed by atoms with Gasteiger partial charge in [0.15, 0.2) is 11.5 Å². The number of benzene rings is 4. The summed E-state index contributed by atoms with van der Waals surface area (Å²) in [5.41, 5.74) is 3.35. The van der Waals surface area contributed by atoms with Crippen molar-refractivity contribution in [1.29, 1.82) is 0 Å². The van der Waals surface area contributed by atoms with Crippen molar-refractivity contribution >= 4 is 32.3 Å². The van der Waals surface area contributed by atoms with Crippen molar-refractivity contribution in [2.24, 2.45) is 0 Å². The molecule has 2 heterocycles. The molecule has 0 aliphatic carbocycles. The third kappa shape index (κ3) is 4.21. The molecule has 7 nitrogen and oxygen atoms in total. The van der Waals surface area contributed by atoms with E-state index in [9.17, 15) is 13.5 Å². The minimum absolute atomic E-state index is 0.0836. The molecule has 4 aromatic carbocycles. The monoisotopic (exact) mass is 510 g/mol. The number of aromatic nitrogens is 1. The average molecular weight is 511 g/mol. The smallest absolute Gasteiger partial charge is 0.268 e. The number of phenols is 1. The van der Waals surface area contributed by atoms with Crippen LogP contribution in [0.25, 0.3) is 22.0 Å². The summed E-state index contributed by atoms with van der Waals surface area (Å²) < 4.78 is 41.1. The lowest BCUT2D eigenvalue weighted by molar-refractivity contribution is 0.171. The molecular weight excluding hydrogens is 488 g/mol. The molecule has 0 spiro atoms. The molecule has 0 bridgehead atoms. The molecule has 0 saturated carbocycles. The number of nitrogens with zero attached hydrogens (tertiary/aromatic N) is 2. The molecule has 0 amide bonds. The Balaban J connectivity index is 1.55. The Kier molecular flexibility index (Phi) is 5.65. The van der Waals surface area contributed by atoms with Crippen molar-refractivity contribution < 1.29 is 23.0 Å². The van der Waals surface area contributed by atoms with Crippen LogP contribution in [0.4, 0.5) is 11.4 Å². The highest BCUT2D eigenvalue weighted by Crippen LogP contribution is 2.40. The predicted octanol–water partition coefficient (Wildman–Crippen LogP) is 5.91. The van der Waals surface area contributed by atoms with Crippen LogP contribution < -0.4 is 13.8 Å². The maximum absolute atomic E-state index is 14.2. The number of aromatic hydroxyl groups is 1. The highest BCUT2D eigenvalue weighted by atomic mass is 32.2. The van der Waals surface area contributed by atoms with E-state index in [0.29, 0.717) is 47.0 Å². The maximum atomic E-state index is 14.2. The number of para-hydroxylation sites is 1. The van der Waals surface area contributed by atoms with E-state index >= 15 is 0 Å². The fourth-order valence-electron chi connectivity index (χ4n) is 4.40. The van der Waals surface area contributed by atoms with Crippen molar-refractivity contribution in [2.45, 2.75) is 4.90 Å². The molecule has 0 fully saturated rings. The minimum Gasteiger partial charge on any atom is -0.508 e. The van der Waals surface area contributed by atoms with Crippen LogP contribution >= 0.6 is 0 Å². The average Bonchev–Trinajstić information content (AvgIpc) is 2.94. The van der Waals surface area contributed by atoms with E-state index in [1.54, 1.807) is 54.7 Å². The van der Waals surface area contributed by atoms with E-state index < -0.39 is 10.0 Å². The fraction of sp³-hybridized carbons (Fsp3) is 0.0690. The summed E-state index contributed by atoms with van der Waals surface area (Å²) in [6.07, 6.45) is 1.60. The molecule has 1 aliphatic rings. The Bertz CT molecular complexity index is 1700. The second-order valence-corrected chi connectivity index (χ2v) is 10.3. The Hall–Kier alpha value is -4.56. The standard InChI is InChI=1S/C29H22N2O5S/c32-23-9-6-20(7-10-23)21-8-12-26-25(18-21)27(14-15-30-26)31(22-4-2-1-3-5-22)37(33,34)24-11-13-28-29(19-24)36-17-16-35-28/h1-15,18-19,32H,16-17H2. The second kappa shape index (κ2) is 9.15. The van der Waals surface area contributed by atoms with E-state index in [2.05, 4.69) is 4.98 Å². The molecule has 0 radical (unpaired) electrons. The van der Waals surface area contributed by atoms with Gasteiger partial charge >= 0.3 is 0 Å². The van der Waals surface area contributed by atoms with Crippen LogP contribution in [-0.2, 0) is 10.0 Å². The molecule has 0 atom stereocenters. The lowest BCUT2D eigenvalue weighted by atomic mass is 10.0. The number of ether oxygens (including phenoxy) is 2. The normalized spacial score (nSPS) is 12.9. The van der Waals surface area contributed by atoms with Gasteiger partial charge in [-0.15, -0.1) is 0 Å². The van der Waals surface area contributed by atoms with Crippen LogP contribution in [0.15, 0.2) is 108 Å². The second-order valence-electron chi connectivity index (χ2n) is 8.52. The van der Waals surface area contributed by atoms with Gasteiger partial charge < -0.3 is 14.6 Å². The number of fused-ring (bicyclic) bond motifs is 2. The summed E-state index contributed by atoms with van der Waals surface area (Å²) in [6.45, 7) is 0.773. The van der Waals surface area contributed by atoms with Crippen LogP contribution in [0, 0.1) is 0 Å². The number of pyridine rings is 1. The largest absolute Gasteiger partial charge is 0.508 e. The number of anilines is 2. The minimum atomic E-state index is -4.08. The van der Waals surface area contributed by atoms with Crippen molar-refractivity contribution in [3.8, 4) is 28.4 Å². The Morgan fingerprint density at radius 3 is 2.27 bits per heavy atom. The van der Waals surface area contributed by atoms with Crippen molar-refractivity contribution in [3.63, 3.8) is 0 Å². The first-order chi connectivity index (χ1) is 18.0. The number of rotatable bonds is 5. The van der Waals surface area contributed by atoms with E-state index in [1.807, 2.05) is 36.4 Å². The number of sulfonamides is 1. The van der Waals surface area contributed by atoms with Gasteiger partial charge in [0.25, 0.3) is 10.0 Å². The van der Waals surface area contributed by atoms with Crippen LogP contribution in [0.2, 0.25) is 0 Å². The van der Waals surface area contributed by atoms with Crippen LogP contribution in [0.1, 0.15) is 0 Å². The van der Waals surface area contributed by atoms with Gasteiger partial charge in [-0.2, -0.15) is 0 Å². The zero-order chi connectivity index (χ0) is 25.4. The van der Waals surface area contributed by atoms with Gasteiger partial charge in [-0.25, -0.2) is 12.7 Å². The molecule has 37 heavy (non-hydrogen) atoms. The van der Waals surface area contributed by atoms with Crippen LogP contribution in [0.3, 0.4) is 0 Å². The molecule has 1 aromatic heterocycles. The van der Waals surface area contributed by atoms with Gasteiger partial charge in [-0.3, -0.25) is 4.98 Å². The van der Waals surface area contributed by atoms with E-state index in [0.717, 1.165) is 11.1 Å². The SMILES string of the molecule is O=S(=O)(c1ccc2c(c1)OCCO2)N(c1ccccc1)c1ccnc2ccc(-c3ccc(O)cc3)cc12. The fourth-order valence-corrected chi connectivity index (χ4v) is 5.93. The predicted molar refractivity (Wildman–Crippen MR) is 142 cm³/mol. The number of hydrogen-bond acceptors (Lipinski definition) is 6. The zero-order valence-corrected chi connectivity index (χ0v) is 20.4. The van der Waals surface area contributed by atoms with Gasteiger partial charge in [-0.05, 0) is 65.7 Å². The maximum Gasteiger partial charge on any atom is 0.268 e. The van der Waals surface area contributed by atoms with Crippen molar-refractivity contribution in [3.05, 3.63) is 103 Å². The first-order valence-corrected chi connectivity index (χ1v) is 13.1. The summed E-state index contributed by atoms with van der Waals surface area (Å²) in [5, 5.41) is 10.4. The van der Waals surface area contributed by atoms with Crippen LogP contribution in [-0.4, -0.2) is 31.7 Å². The first kappa shape index (κ1) is 22.9. The van der Waals surface area contributed by atoms with Crippen molar-refractivity contribution in [2.75, 3.05) is 17.5 Å². The van der Waals surface area contributed by atoms with Gasteiger partial charge in [-0.1, -0.05) is 36.4 Å². The molecule has 0 unspecified atom stereocenters. The van der Waals surface area contributed by atoms with Crippen molar-refractivity contribution in [1.82, 2.24) is 4.98 Å². The van der Waals surface area contributed by atoms with Crippen LogP contribution in [0.5, 0.6) is 17.2 Å². The first-order valence-electron chi connectivity index (χ1n) is 11.7.